The molecule has 1 aromatic rings. The molecule has 6 nitrogen and oxygen atoms in total. The van der Waals surface area contributed by atoms with E-state index in [2.05, 4.69) is 15.1 Å². The van der Waals surface area contributed by atoms with Crippen molar-refractivity contribution in [3.05, 3.63) is 17.3 Å². The molecule has 0 aromatic carbocycles. The van der Waals surface area contributed by atoms with E-state index >= 15 is 0 Å². The SMILES string of the molecule is C[C@H]1CN(C(=O)C2CCN(c3ccc(Cl)nn3)CC2)CCO1. The number of carbonyl (C=O) groups is 1. The van der Waals surface area contributed by atoms with Gasteiger partial charge >= 0.3 is 0 Å². The van der Waals surface area contributed by atoms with Gasteiger partial charge in [0.2, 0.25) is 5.91 Å². The molecular formula is C15H21ClN4O2. The molecule has 0 saturated carbocycles. The molecule has 0 radical (unpaired) electrons. The average molecular weight is 325 g/mol. The Morgan fingerprint density at radius 1 is 1.27 bits per heavy atom. The van der Waals surface area contributed by atoms with Crippen molar-refractivity contribution in [2.75, 3.05) is 37.7 Å². The number of morpholine rings is 1. The van der Waals surface area contributed by atoms with E-state index < -0.39 is 0 Å². The van der Waals surface area contributed by atoms with Crippen LogP contribution in [0.3, 0.4) is 0 Å². The highest BCUT2D eigenvalue weighted by atomic mass is 35.5. The van der Waals surface area contributed by atoms with Gasteiger partial charge in [0.25, 0.3) is 0 Å². The Bertz CT molecular complexity index is 517. The summed E-state index contributed by atoms with van der Waals surface area (Å²) in [6, 6.07) is 3.62. The minimum atomic E-state index is 0.113. The van der Waals surface area contributed by atoms with E-state index in [0.29, 0.717) is 24.8 Å². The Kier molecular flexibility index (Phi) is 4.78. The summed E-state index contributed by atoms with van der Waals surface area (Å²) >= 11 is 5.76. The van der Waals surface area contributed by atoms with Crippen molar-refractivity contribution in [3.63, 3.8) is 0 Å². The first-order valence-electron chi connectivity index (χ1n) is 7.78. The third-order valence-electron chi connectivity index (χ3n) is 4.34. The number of ether oxygens (including phenoxy) is 1. The number of piperidine rings is 1. The van der Waals surface area contributed by atoms with Crippen LogP contribution in [-0.2, 0) is 9.53 Å². The molecule has 7 heteroatoms. The fraction of sp³-hybridized carbons (Fsp3) is 0.667. The van der Waals surface area contributed by atoms with E-state index in [1.165, 1.54) is 0 Å². The fourth-order valence-electron chi connectivity index (χ4n) is 3.11. The van der Waals surface area contributed by atoms with E-state index in [4.69, 9.17) is 16.3 Å². The fourth-order valence-corrected chi connectivity index (χ4v) is 3.21. The smallest absolute Gasteiger partial charge is 0.225 e. The lowest BCUT2D eigenvalue weighted by Gasteiger charge is -2.37. The van der Waals surface area contributed by atoms with Gasteiger partial charge in [-0.2, -0.15) is 0 Å². The monoisotopic (exact) mass is 324 g/mol. The topological polar surface area (TPSA) is 58.6 Å². The minimum absolute atomic E-state index is 0.113. The predicted octanol–water partition coefficient (Wildman–Crippen LogP) is 1.59. The zero-order chi connectivity index (χ0) is 15.5. The van der Waals surface area contributed by atoms with Gasteiger partial charge in [0.15, 0.2) is 11.0 Å². The molecule has 120 valence electrons. The third kappa shape index (κ3) is 3.50. The second-order valence-electron chi connectivity index (χ2n) is 5.94. The number of hydrogen-bond acceptors (Lipinski definition) is 5. The predicted molar refractivity (Wildman–Crippen MR) is 84.0 cm³/mol. The molecule has 0 unspecified atom stereocenters. The van der Waals surface area contributed by atoms with Crippen molar-refractivity contribution in [3.8, 4) is 0 Å². The average Bonchev–Trinajstić information content (AvgIpc) is 2.55. The maximum Gasteiger partial charge on any atom is 0.225 e. The highest BCUT2D eigenvalue weighted by molar-refractivity contribution is 6.29. The molecule has 0 bridgehead atoms. The van der Waals surface area contributed by atoms with Crippen LogP contribution in [0, 0.1) is 5.92 Å². The van der Waals surface area contributed by atoms with Crippen LogP contribution in [0.1, 0.15) is 19.8 Å². The Labute approximate surface area is 135 Å². The van der Waals surface area contributed by atoms with Crippen molar-refractivity contribution < 1.29 is 9.53 Å². The summed E-state index contributed by atoms with van der Waals surface area (Å²) in [6.45, 7) is 5.74. The first kappa shape index (κ1) is 15.5. The van der Waals surface area contributed by atoms with E-state index in [-0.39, 0.29) is 17.9 Å². The summed E-state index contributed by atoms with van der Waals surface area (Å²) in [5, 5.41) is 8.38. The molecule has 1 aromatic heterocycles. The van der Waals surface area contributed by atoms with Crippen molar-refractivity contribution in [1.29, 1.82) is 0 Å². The van der Waals surface area contributed by atoms with Gasteiger partial charge in [-0.05, 0) is 31.9 Å². The largest absolute Gasteiger partial charge is 0.375 e. The molecule has 1 atom stereocenters. The number of nitrogens with zero attached hydrogens (tertiary/aromatic N) is 4. The van der Waals surface area contributed by atoms with Gasteiger partial charge in [-0.3, -0.25) is 4.79 Å². The highest BCUT2D eigenvalue weighted by Gasteiger charge is 2.31. The van der Waals surface area contributed by atoms with Crippen molar-refractivity contribution in [2.45, 2.75) is 25.9 Å². The van der Waals surface area contributed by atoms with E-state index in [1.807, 2.05) is 17.9 Å². The zero-order valence-corrected chi connectivity index (χ0v) is 13.5. The molecule has 3 rings (SSSR count). The van der Waals surface area contributed by atoms with Crippen LogP contribution in [0.4, 0.5) is 5.82 Å². The van der Waals surface area contributed by atoms with Crippen LogP contribution in [-0.4, -0.2) is 59.9 Å². The maximum absolute atomic E-state index is 12.6. The lowest BCUT2D eigenvalue weighted by Crippen LogP contribution is -2.49. The number of rotatable bonds is 2. The van der Waals surface area contributed by atoms with E-state index in [0.717, 1.165) is 31.7 Å². The molecule has 1 amide bonds. The number of amides is 1. The minimum Gasteiger partial charge on any atom is -0.375 e. The summed E-state index contributed by atoms with van der Waals surface area (Å²) in [7, 11) is 0. The Balaban J connectivity index is 1.55. The Morgan fingerprint density at radius 2 is 2.05 bits per heavy atom. The maximum atomic E-state index is 12.6. The van der Waals surface area contributed by atoms with Gasteiger partial charge in [0, 0.05) is 32.1 Å². The van der Waals surface area contributed by atoms with Crippen molar-refractivity contribution >= 4 is 23.3 Å². The first-order chi connectivity index (χ1) is 10.6. The Hall–Kier alpha value is -1.40. The summed E-state index contributed by atoms with van der Waals surface area (Å²) < 4.78 is 5.50. The summed E-state index contributed by atoms with van der Waals surface area (Å²) in [5.41, 5.74) is 0. The molecule has 0 spiro atoms. The lowest BCUT2D eigenvalue weighted by molar-refractivity contribution is -0.143. The molecule has 3 heterocycles. The van der Waals surface area contributed by atoms with Gasteiger partial charge in [0.05, 0.1) is 12.7 Å². The molecule has 22 heavy (non-hydrogen) atoms. The number of aromatic nitrogens is 2. The van der Waals surface area contributed by atoms with Crippen molar-refractivity contribution in [1.82, 2.24) is 15.1 Å². The number of hydrogen-bond donors (Lipinski definition) is 0. The summed E-state index contributed by atoms with van der Waals surface area (Å²) in [5.74, 6) is 1.22. The number of carbonyl (C=O) groups excluding carboxylic acids is 1. The quantitative estimate of drug-likeness (QED) is 0.827. The lowest BCUT2D eigenvalue weighted by atomic mass is 9.95. The molecule has 2 saturated heterocycles. The Morgan fingerprint density at radius 3 is 2.68 bits per heavy atom. The van der Waals surface area contributed by atoms with Gasteiger partial charge < -0.3 is 14.5 Å². The van der Waals surface area contributed by atoms with Gasteiger partial charge in [-0.25, -0.2) is 0 Å². The van der Waals surface area contributed by atoms with Gasteiger partial charge in [-0.1, -0.05) is 11.6 Å². The molecular weight excluding hydrogens is 304 g/mol. The third-order valence-corrected chi connectivity index (χ3v) is 4.54. The first-order valence-corrected chi connectivity index (χ1v) is 8.16. The summed E-state index contributed by atoms with van der Waals surface area (Å²) in [6.07, 6.45) is 1.85. The van der Waals surface area contributed by atoms with Crippen LogP contribution in [0.2, 0.25) is 5.15 Å². The summed E-state index contributed by atoms with van der Waals surface area (Å²) in [4.78, 5) is 16.7. The second-order valence-corrected chi connectivity index (χ2v) is 6.33. The van der Waals surface area contributed by atoms with Gasteiger partial charge in [0.1, 0.15) is 0 Å². The van der Waals surface area contributed by atoms with E-state index in [9.17, 15) is 4.79 Å². The van der Waals surface area contributed by atoms with Crippen molar-refractivity contribution in [2.24, 2.45) is 5.92 Å². The number of anilines is 1. The molecule has 2 aliphatic heterocycles. The standard InChI is InChI=1S/C15H21ClN4O2/c1-11-10-20(8-9-22-11)15(21)12-4-6-19(7-5-12)14-3-2-13(16)17-18-14/h2-3,11-12H,4-10H2,1H3/t11-/m0/s1. The van der Waals surface area contributed by atoms with Crippen LogP contribution in [0.15, 0.2) is 12.1 Å². The second kappa shape index (κ2) is 6.79. The molecule has 0 aliphatic carbocycles. The van der Waals surface area contributed by atoms with Crippen LogP contribution >= 0.6 is 11.6 Å². The molecule has 0 N–H and O–H groups in total. The molecule has 2 fully saturated rings. The van der Waals surface area contributed by atoms with E-state index in [1.54, 1.807) is 6.07 Å². The van der Waals surface area contributed by atoms with Crippen LogP contribution in [0.25, 0.3) is 0 Å². The van der Waals surface area contributed by atoms with Crippen LogP contribution < -0.4 is 4.90 Å². The highest BCUT2D eigenvalue weighted by Crippen LogP contribution is 2.24. The number of halogens is 1. The normalized spacial score (nSPS) is 23.6. The molecule has 2 aliphatic rings. The van der Waals surface area contributed by atoms with Crippen LogP contribution in [0.5, 0.6) is 0 Å². The van der Waals surface area contributed by atoms with Gasteiger partial charge in [-0.15, -0.1) is 10.2 Å². The zero-order valence-electron chi connectivity index (χ0n) is 12.7.